The van der Waals surface area contributed by atoms with Crippen molar-refractivity contribution in [3.8, 4) is 0 Å². The Morgan fingerprint density at radius 3 is 2.44 bits per heavy atom. The number of hydrogen-bond acceptors (Lipinski definition) is 4. The van der Waals surface area contributed by atoms with Crippen LogP contribution in [0.2, 0.25) is 10.0 Å². The van der Waals surface area contributed by atoms with Crippen molar-refractivity contribution in [1.82, 2.24) is 5.43 Å². The molecule has 0 fully saturated rings. The fourth-order valence-electron chi connectivity index (χ4n) is 2.28. The Labute approximate surface area is 167 Å². The second kappa shape index (κ2) is 10.1. The molecule has 1 atom stereocenters. The van der Waals surface area contributed by atoms with Crippen molar-refractivity contribution in [1.29, 1.82) is 0 Å². The smallest absolute Gasteiger partial charge is 0.273 e. The molecule has 0 aliphatic rings. The number of anilines is 1. The van der Waals surface area contributed by atoms with Crippen molar-refractivity contribution in [2.75, 3.05) is 12.4 Å². The number of nitrogens with zero attached hydrogens (tertiary/aromatic N) is 1. The second-order valence-electron chi connectivity index (χ2n) is 5.70. The average Bonchev–Trinajstić information content (AvgIpc) is 2.64. The summed E-state index contributed by atoms with van der Waals surface area (Å²) in [7, 11) is 1.44. The van der Waals surface area contributed by atoms with E-state index in [0.717, 1.165) is 0 Å². The van der Waals surface area contributed by atoms with Crippen LogP contribution in [0.15, 0.2) is 53.6 Å². The van der Waals surface area contributed by atoms with Crippen LogP contribution < -0.4 is 10.7 Å². The summed E-state index contributed by atoms with van der Waals surface area (Å²) in [5.41, 5.74) is 4.09. The molecular formula is C19H19Cl2N3O3. The molecule has 0 heterocycles. The first kappa shape index (κ1) is 20.9. The van der Waals surface area contributed by atoms with Crippen LogP contribution in [0.3, 0.4) is 0 Å². The van der Waals surface area contributed by atoms with Gasteiger partial charge in [-0.05, 0) is 30.7 Å². The van der Waals surface area contributed by atoms with Gasteiger partial charge >= 0.3 is 0 Å². The van der Waals surface area contributed by atoms with Crippen LogP contribution in [-0.2, 0) is 14.3 Å². The molecule has 0 bridgehead atoms. The minimum atomic E-state index is -0.784. The number of hydrogen-bond donors (Lipinski definition) is 2. The minimum Gasteiger partial charge on any atom is -0.367 e. The number of ether oxygens (including phenoxy) is 1. The van der Waals surface area contributed by atoms with Gasteiger partial charge < -0.3 is 10.1 Å². The third-order valence-electron chi connectivity index (χ3n) is 3.55. The molecule has 0 spiro atoms. The molecule has 2 aromatic rings. The maximum atomic E-state index is 12.3. The summed E-state index contributed by atoms with van der Waals surface area (Å²) >= 11 is 11.8. The Balaban J connectivity index is 1.91. The predicted molar refractivity (Wildman–Crippen MR) is 107 cm³/mol. The lowest BCUT2D eigenvalue weighted by atomic mass is 10.1. The highest BCUT2D eigenvalue weighted by molar-refractivity contribution is 6.42. The molecule has 27 heavy (non-hydrogen) atoms. The van der Waals surface area contributed by atoms with E-state index in [1.165, 1.54) is 7.11 Å². The van der Waals surface area contributed by atoms with Gasteiger partial charge in [0.05, 0.1) is 16.5 Å². The lowest BCUT2D eigenvalue weighted by Gasteiger charge is -2.14. The fourth-order valence-corrected chi connectivity index (χ4v) is 2.58. The number of rotatable bonds is 7. The molecule has 2 aromatic carbocycles. The Bertz CT molecular complexity index is 841. The molecule has 0 saturated carbocycles. The summed E-state index contributed by atoms with van der Waals surface area (Å²) in [6.07, 6.45) is -0.781. The standard InChI is InChI=1S/C19H19Cl2N3O3/c1-12(10-17(25)22-14-8-9-15(20)16(21)11-14)23-24-19(26)18(27-2)13-6-4-3-5-7-13/h3-9,11,18H,10H2,1-2H3,(H,22,25)(H,24,26)/t18-/m1/s1. The third-order valence-corrected chi connectivity index (χ3v) is 4.29. The number of nitrogens with one attached hydrogen (secondary N) is 2. The monoisotopic (exact) mass is 407 g/mol. The molecule has 8 heteroatoms. The number of methoxy groups -OCH3 is 1. The summed E-state index contributed by atoms with van der Waals surface area (Å²) < 4.78 is 5.23. The van der Waals surface area contributed by atoms with E-state index in [0.29, 0.717) is 27.0 Å². The van der Waals surface area contributed by atoms with Crippen molar-refractivity contribution >= 4 is 46.4 Å². The number of hydrazone groups is 1. The Hall–Kier alpha value is -2.41. The molecule has 6 nitrogen and oxygen atoms in total. The zero-order valence-electron chi connectivity index (χ0n) is 14.8. The molecule has 0 unspecified atom stereocenters. The highest BCUT2D eigenvalue weighted by atomic mass is 35.5. The van der Waals surface area contributed by atoms with Crippen molar-refractivity contribution in [3.05, 3.63) is 64.1 Å². The number of amides is 2. The van der Waals surface area contributed by atoms with Crippen LogP contribution in [0.5, 0.6) is 0 Å². The largest absolute Gasteiger partial charge is 0.367 e. The second-order valence-corrected chi connectivity index (χ2v) is 6.52. The first-order valence-corrected chi connectivity index (χ1v) is 8.82. The van der Waals surface area contributed by atoms with Gasteiger partial charge in [-0.15, -0.1) is 0 Å². The zero-order chi connectivity index (χ0) is 19.8. The Kier molecular flexibility index (Phi) is 7.79. The molecule has 0 aromatic heterocycles. The molecule has 2 rings (SSSR count). The minimum absolute atomic E-state index is 0.00348. The maximum absolute atomic E-state index is 12.3. The van der Waals surface area contributed by atoms with E-state index in [1.54, 1.807) is 37.3 Å². The quantitative estimate of drug-likeness (QED) is 0.532. The van der Waals surface area contributed by atoms with E-state index in [-0.39, 0.29) is 12.3 Å². The first-order valence-electron chi connectivity index (χ1n) is 8.06. The van der Waals surface area contributed by atoms with Gasteiger partial charge in [-0.2, -0.15) is 5.10 Å². The summed E-state index contributed by atoms with van der Waals surface area (Å²) in [5.74, 6) is -0.719. The van der Waals surface area contributed by atoms with Gasteiger partial charge in [0.1, 0.15) is 0 Å². The Morgan fingerprint density at radius 1 is 1.11 bits per heavy atom. The van der Waals surface area contributed by atoms with E-state index in [2.05, 4.69) is 15.8 Å². The van der Waals surface area contributed by atoms with Gasteiger partial charge in [0.25, 0.3) is 5.91 Å². The van der Waals surface area contributed by atoms with Crippen LogP contribution in [0.4, 0.5) is 5.69 Å². The summed E-state index contributed by atoms with van der Waals surface area (Å²) in [6, 6.07) is 13.8. The number of carbonyl (C=O) groups is 2. The number of benzene rings is 2. The van der Waals surface area contributed by atoms with Crippen molar-refractivity contribution in [2.45, 2.75) is 19.4 Å². The average molecular weight is 408 g/mol. The van der Waals surface area contributed by atoms with Crippen molar-refractivity contribution in [2.24, 2.45) is 5.10 Å². The molecule has 142 valence electrons. The predicted octanol–water partition coefficient (Wildman–Crippen LogP) is 4.20. The summed E-state index contributed by atoms with van der Waals surface area (Å²) in [5, 5.41) is 7.40. The van der Waals surface area contributed by atoms with E-state index in [4.69, 9.17) is 27.9 Å². The molecule has 0 radical (unpaired) electrons. The van der Waals surface area contributed by atoms with E-state index in [1.807, 2.05) is 18.2 Å². The SMILES string of the molecule is CO[C@@H](C(=O)NN=C(C)CC(=O)Nc1ccc(Cl)c(Cl)c1)c1ccccc1. The third kappa shape index (κ3) is 6.36. The topological polar surface area (TPSA) is 79.8 Å². The van der Waals surface area contributed by atoms with Gasteiger partial charge in [-0.25, -0.2) is 5.43 Å². The van der Waals surface area contributed by atoms with Crippen LogP contribution in [0, 0.1) is 0 Å². The number of carbonyl (C=O) groups excluding carboxylic acids is 2. The van der Waals surface area contributed by atoms with E-state index in [9.17, 15) is 9.59 Å². The lowest BCUT2D eigenvalue weighted by molar-refractivity contribution is -0.131. The fraction of sp³-hybridized carbons (Fsp3) is 0.211. The highest BCUT2D eigenvalue weighted by Crippen LogP contribution is 2.25. The molecule has 2 amide bonds. The summed E-state index contributed by atoms with van der Waals surface area (Å²) in [4.78, 5) is 24.3. The van der Waals surface area contributed by atoms with Crippen LogP contribution in [0.1, 0.15) is 25.0 Å². The molecule has 0 aliphatic carbocycles. The van der Waals surface area contributed by atoms with Gasteiger partial charge in [0.2, 0.25) is 5.91 Å². The lowest BCUT2D eigenvalue weighted by Crippen LogP contribution is -2.28. The van der Waals surface area contributed by atoms with Gasteiger partial charge in [-0.3, -0.25) is 9.59 Å². The molecule has 0 aliphatic heterocycles. The van der Waals surface area contributed by atoms with Crippen LogP contribution in [0.25, 0.3) is 0 Å². The maximum Gasteiger partial charge on any atom is 0.273 e. The normalized spacial score (nSPS) is 12.4. The molecule has 2 N–H and O–H groups in total. The highest BCUT2D eigenvalue weighted by Gasteiger charge is 2.19. The number of halogens is 2. The van der Waals surface area contributed by atoms with E-state index >= 15 is 0 Å². The molecular weight excluding hydrogens is 389 g/mol. The Morgan fingerprint density at radius 2 is 1.81 bits per heavy atom. The van der Waals surface area contributed by atoms with E-state index < -0.39 is 12.0 Å². The summed E-state index contributed by atoms with van der Waals surface area (Å²) in [6.45, 7) is 1.64. The first-order chi connectivity index (χ1) is 12.9. The van der Waals surface area contributed by atoms with Crippen LogP contribution >= 0.6 is 23.2 Å². The van der Waals surface area contributed by atoms with Crippen molar-refractivity contribution in [3.63, 3.8) is 0 Å². The zero-order valence-corrected chi connectivity index (χ0v) is 16.3. The van der Waals surface area contributed by atoms with Crippen molar-refractivity contribution < 1.29 is 14.3 Å². The van der Waals surface area contributed by atoms with Gasteiger partial charge in [-0.1, -0.05) is 53.5 Å². The van der Waals surface area contributed by atoms with Crippen LogP contribution in [-0.4, -0.2) is 24.6 Å². The molecule has 0 saturated heterocycles. The van der Waals surface area contributed by atoms with Gasteiger partial charge in [0, 0.05) is 18.5 Å². The van der Waals surface area contributed by atoms with Gasteiger partial charge in [0.15, 0.2) is 6.10 Å².